The predicted molar refractivity (Wildman–Crippen MR) is 85.0 cm³/mol. The van der Waals surface area contributed by atoms with Crippen LogP contribution in [-0.4, -0.2) is 18.5 Å². The average molecular weight is 297 g/mol. The highest BCUT2D eigenvalue weighted by Gasteiger charge is 2.23. The SMILES string of the molecule is Cl.NC1CCCCC1CC(=O)NCCc1ccccc1. The first-order valence-corrected chi connectivity index (χ1v) is 7.32. The molecule has 1 aromatic rings. The summed E-state index contributed by atoms with van der Waals surface area (Å²) in [5, 5.41) is 3.00. The second kappa shape index (κ2) is 8.98. The van der Waals surface area contributed by atoms with Crippen LogP contribution in [0.5, 0.6) is 0 Å². The van der Waals surface area contributed by atoms with Gasteiger partial charge in [0.2, 0.25) is 5.91 Å². The van der Waals surface area contributed by atoms with E-state index in [1.807, 2.05) is 18.2 Å². The minimum Gasteiger partial charge on any atom is -0.356 e. The van der Waals surface area contributed by atoms with E-state index in [4.69, 9.17) is 5.73 Å². The van der Waals surface area contributed by atoms with E-state index in [0.717, 1.165) is 19.3 Å². The molecule has 1 aliphatic carbocycles. The molecule has 1 fully saturated rings. The Hall–Kier alpha value is -1.06. The third-order valence-electron chi connectivity index (χ3n) is 3.99. The van der Waals surface area contributed by atoms with Crippen molar-refractivity contribution in [2.45, 2.75) is 44.6 Å². The first-order valence-electron chi connectivity index (χ1n) is 7.32. The largest absolute Gasteiger partial charge is 0.356 e. The lowest BCUT2D eigenvalue weighted by molar-refractivity contribution is -0.122. The van der Waals surface area contributed by atoms with E-state index in [2.05, 4.69) is 17.4 Å². The van der Waals surface area contributed by atoms with Gasteiger partial charge >= 0.3 is 0 Å². The Morgan fingerprint density at radius 3 is 2.60 bits per heavy atom. The summed E-state index contributed by atoms with van der Waals surface area (Å²) < 4.78 is 0. The zero-order valence-corrected chi connectivity index (χ0v) is 12.7. The van der Waals surface area contributed by atoms with Gasteiger partial charge in [0.1, 0.15) is 0 Å². The second-order valence-electron chi connectivity index (χ2n) is 5.50. The number of carbonyl (C=O) groups is 1. The summed E-state index contributed by atoms with van der Waals surface area (Å²) in [6.07, 6.45) is 6.09. The second-order valence-corrected chi connectivity index (χ2v) is 5.50. The topological polar surface area (TPSA) is 55.1 Å². The Bertz CT molecular complexity index is 397. The van der Waals surface area contributed by atoms with Crippen molar-refractivity contribution in [2.75, 3.05) is 6.54 Å². The van der Waals surface area contributed by atoms with Gasteiger partial charge in [-0.15, -0.1) is 12.4 Å². The van der Waals surface area contributed by atoms with Crippen LogP contribution in [0, 0.1) is 5.92 Å². The van der Waals surface area contributed by atoms with Crippen LogP contribution in [0.3, 0.4) is 0 Å². The number of halogens is 1. The summed E-state index contributed by atoms with van der Waals surface area (Å²) in [7, 11) is 0. The summed E-state index contributed by atoms with van der Waals surface area (Å²) in [5.41, 5.74) is 7.33. The number of hydrogen-bond donors (Lipinski definition) is 2. The van der Waals surface area contributed by atoms with E-state index in [0.29, 0.717) is 18.9 Å². The van der Waals surface area contributed by atoms with Gasteiger partial charge in [-0.25, -0.2) is 0 Å². The molecule has 2 unspecified atom stereocenters. The van der Waals surface area contributed by atoms with Gasteiger partial charge in [-0.3, -0.25) is 4.79 Å². The van der Waals surface area contributed by atoms with Crippen LogP contribution in [0.4, 0.5) is 0 Å². The molecule has 20 heavy (non-hydrogen) atoms. The molecule has 4 heteroatoms. The van der Waals surface area contributed by atoms with Crippen LogP contribution in [0.15, 0.2) is 30.3 Å². The molecule has 1 aliphatic rings. The molecule has 0 aliphatic heterocycles. The highest BCUT2D eigenvalue weighted by molar-refractivity contribution is 5.85. The third kappa shape index (κ3) is 5.51. The van der Waals surface area contributed by atoms with E-state index >= 15 is 0 Å². The molecule has 2 atom stereocenters. The zero-order valence-electron chi connectivity index (χ0n) is 11.9. The highest BCUT2D eigenvalue weighted by Crippen LogP contribution is 2.25. The van der Waals surface area contributed by atoms with Crippen molar-refractivity contribution in [2.24, 2.45) is 11.7 Å². The lowest BCUT2D eigenvalue weighted by Crippen LogP contribution is -2.37. The molecule has 1 saturated carbocycles. The Morgan fingerprint density at radius 2 is 1.90 bits per heavy atom. The summed E-state index contributed by atoms with van der Waals surface area (Å²) in [5.74, 6) is 0.531. The molecule has 0 heterocycles. The molecular weight excluding hydrogens is 272 g/mol. The van der Waals surface area contributed by atoms with Crippen molar-refractivity contribution in [3.63, 3.8) is 0 Å². The number of hydrogen-bond acceptors (Lipinski definition) is 2. The standard InChI is InChI=1S/C16H24N2O.ClH/c17-15-9-5-4-8-14(15)12-16(19)18-11-10-13-6-2-1-3-7-13;/h1-3,6-7,14-15H,4-5,8-12,17H2,(H,18,19);1H. The highest BCUT2D eigenvalue weighted by atomic mass is 35.5. The maximum absolute atomic E-state index is 11.9. The van der Waals surface area contributed by atoms with Crippen molar-refractivity contribution in [1.29, 1.82) is 0 Å². The Balaban J connectivity index is 0.00000200. The van der Waals surface area contributed by atoms with E-state index in [1.54, 1.807) is 0 Å². The van der Waals surface area contributed by atoms with Gasteiger partial charge < -0.3 is 11.1 Å². The average Bonchev–Trinajstić information content (AvgIpc) is 2.43. The van der Waals surface area contributed by atoms with E-state index in [9.17, 15) is 4.79 Å². The van der Waals surface area contributed by atoms with E-state index < -0.39 is 0 Å². The van der Waals surface area contributed by atoms with Crippen LogP contribution in [0.2, 0.25) is 0 Å². The number of rotatable bonds is 5. The van der Waals surface area contributed by atoms with Gasteiger partial charge in [-0.2, -0.15) is 0 Å². The molecule has 0 aromatic heterocycles. The molecule has 0 spiro atoms. The normalized spacial score (nSPS) is 21.9. The Kier molecular flexibility index (Phi) is 7.63. The minimum absolute atomic E-state index is 0. The number of nitrogens with one attached hydrogen (secondary N) is 1. The summed E-state index contributed by atoms with van der Waals surface area (Å²) in [4.78, 5) is 11.9. The molecular formula is C16H25ClN2O. The summed E-state index contributed by atoms with van der Waals surface area (Å²) >= 11 is 0. The molecule has 0 saturated heterocycles. The lowest BCUT2D eigenvalue weighted by Gasteiger charge is -2.27. The van der Waals surface area contributed by atoms with Crippen LogP contribution in [-0.2, 0) is 11.2 Å². The number of benzene rings is 1. The quantitative estimate of drug-likeness (QED) is 0.878. The molecule has 0 bridgehead atoms. The third-order valence-corrected chi connectivity index (χ3v) is 3.99. The molecule has 0 radical (unpaired) electrons. The van der Waals surface area contributed by atoms with Crippen LogP contribution in [0.25, 0.3) is 0 Å². The fourth-order valence-corrected chi connectivity index (χ4v) is 2.79. The maximum Gasteiger partial charge on any atom is 0.220 e. The van der Waals surface area contributed by atoms with Gasteiger partial charge in [-0.1, -0.05) is 43.2 Å². The number of amides is 1. The molecule has 2 rings (SSSR count). The number of nitrogens with two attached hydrogens (primary N) is 1. The molecule has 3 nitrogen and oxygen atoms in total. The van der Waals surface area contributed by atoms with Crippen LogP contribution < -0.4 is 11.1 Å². The van der Waals surface area contributed by atoms with Crippen molar-refractivity contribution in [1.82, 2.24) is 5.32 Å². The predicted octanol–water partition coefficient (Wildman–Crippen LogP) is 2.67. The minimum atomic E-state index is 0. The van der Waals surface area contributed by atoms with Gasteiger partial charge in [0, 0.05) is 19.0 Å². The zero-order chi connectivity index (χ0) is 13.5. The molecule has 112 valence electrons. The lowest BCUT2D eigenvalue weighted by atomic mass is 9.83. The molecule has 1 aromatic carbocycles. The fraction of sp³-hybridized carbons (Fsp3) is 0.562. The van der Waals surface area contributed by atoms with E-state index in [-0.39, 0.29) is 24.4 Å². The summed E-state index contributed by atoms with van der Waals surface area (Å²) in [6.45, 7) is 0.713. The number of carbonyl (C=O) groups excluding carboxylic acids is 1. The Labute approximate surface area is 127 Å². The van der Waals surface area contributed by atoms with Crippen molar-refractivity contribution in [3.05, 3.63) is 35.9 Å². The maximum atomic E-state index is 11.9. The first kappa shape index (κ1) is 17.0. The Morgan fingerprint density at radius 1 is 1.20 bits per heavy atom. The summed E-state index contributed by atoms with van der Waals surface area (Å²) in [6, 6.07) is 10.4. The van der Waals surface area contributed by atoms with Gasteiger partial charge in [0.15, 0.2) is 0 Å². The van der Waals surface area contributed by atoms with Gasteiger partial charge in [0.05, 0.1) is 0 Å². The van der Waals surface area contributed by atoms with Gasteiger partial charge in [-0.05, 0) is 30.7 Å². The monoisotopic (exact) mass is 296 g/mol. The van der Waals surface area contributed by atoms with Crippen molar-refractivity contribution in [3.8, 4) is 0 Å². The van der Waals surface area contributed by atoms with E-state index in [1.165, 1.54) is 18.4 Å². The van der Waals surface area contributed by atoms with Crippen molar-refractivity contribution >= 4 is 18.3 Å². The van der Waals surface area contributed by atoms with Crippen molar-refractivity contribution < 1.29 is 4.79 Å². The molecule has 1 amide bonds. The van der Waals surface area contributed by atoms with Crippen LogP contribution >= 0.6 is 12.4 Å². The van der Waals surface area contributed by atoms with Gasteiger partial charge in [0.25, 0.3) is 0 Å². The first-order chi connectivity index (χ1) is 9.25. The molecule has 3 N–H and O–H groups in total. The fourth-order valence-electron chi connectivity index (χ4n) is 2.79. The smallest absolute Gasteiger partial charge is 0.220 e. The van der Waals surface area contributed by atoms with Crippen LogP contribution in [0.1, 0.15) is 37.7 Å².